The first-order chi connectivity index (χ1) is 7.42. The summed E-state index contributed by atoms with van der Waals surface area (Å²) in [6.07, 6.45) is 1.91. The summed E-state index contributed by atoms with van der Waals surface area (Å²) < 4.78 is 2.02. The molecule has 0 aliphatic heterocycles. The molecule has 80 valence electrons. The molecule has 1 aromatic heterocycles. The standard InChI is InChI=1S/C10H13N3.CH2O/c1-11-6-7-13-10-5-3-2-4-9(10)8-12-13;1-2/h2-5,8,11H,6-7H2,1H3;1H2. The van der Waals surface area contributed by atoms with Gasteiger partial charge >= 0.3 is 0 Å². The number of rotatable bonds is 3. The zero-order valence-electron chi connectivity index (χ0n) is 8.81. The van der Waals surface area contributed by atoms with E-state index in [1.54, 1.807) is 0 Å². The highest BCUT2D eigenvalue weighted by Gasteiger charge is 1.99. The third kappa shape index (κ3) is 2.63. The molecule has 2 rings (SSSR count). The lowest BCUT2D eigenvalue weighted by Crippen LogP contribution is -2.15. The maximum Gasteiger partial charge on any atom is 0.106 e. The van der Waals surface area contributed by atoms with E-state index in [1.165, 1.54) is 10.9 Å². The SMILES string of the molecule is C=O.CNCCn1ncc2ccccc21. The molecule has 2 aromatic rings. The predicted octanol–water partition coefficient (Wildman–Crippen LogP) is 1.07. The molecule has 4 heteroatoms. The number of fused-ring (bicyclic) bond motifs is 1. The molecule has 0 saturated heterocycles. The molecule has 1 heterocycles. The van der Waals surface area contributed by atoms with Crippen LogP contribution in [0.3, 0.4) is 0 Å². The highest BCUT2D eigenvalue weighted by molar-refractivity contribution is 5.78. The molecular weight excluding hydrogens is 190 g/mol. The first-order valence-electron chi connectivity index (χ1n) is 4.76. The molecular formula is C11H15N3O. The second kappa shape index (κ2) is 5.93. The highest BCUT2D eigenvalue weighted by atomic mass is 16.1. The molecule has 0 aliphatic carbocycles. The molecule has 0 fully saturated rings. The lowest BCUT2D eigenvalue weighted by Gasteiger charge is -2.01. The van der Waals surface area contributed by atoms with Crippen molar-refractivity contribution in [2.75, 3.05) is 13.6 Å². The van der Waals surface area contributed by atoms with Gasteiger partial charge in [0.25, 0.3) is 0 Å². The van der Waals surface area contributed by atoms with Crippen LogP contribution < -0.4 is 5.32 Å². The quantitative estimate of drug-likeness (QED) is 0.815. The molecule has 0 bridgehead atoms. The summed E-state index contributed by atoms with van der Waals surface area (Å²) in [5.41, 5.74) is 1.21. The topological polar surface area (TPSA) is 46.9 Å². The van der Waals surface area contributed by atoms with E-state index in [-0.39, 0.29) is 0 Å². The average Bonchev–Trinajstić information content (AvgIpc) is 2.72. The number of carbonyl (C=O) groups excluding carboxylic acids is 1. The Balaban J connectivity index is 0.000000531. The number of hydrogen-bond acceptors (Lipinski definition) is 3. The van der Waals surface area contributed by atoms with Crippen LogP contribution in [0.25, 0.3) is 10.9 Å². The fourth-order valence-corrected chi connectivity index (χ4v) is 1.42. The fraction of sp³-hybridized carbons (Fsp3) is 0.273. The Kier molecular flexibility index (Phi) is 4.50. The predicted molar refractivity (Wildman–Crippen MR) is 60.8 cm³/mol. The number of benzene rings is 1. The molecule has 0 atom stereocenters. The van der Waals surface area contributed by atoms with Crippen molar-refractivity contribution in [3.63, 3.8) is 0 Å². The van der Waals surface area contributed by atoms with Crippen LogP contribution in [0, 0.1) is 0 Å². The zero-order valence-corrected chi connectivity index (χ0v) is 8.81. The van der Waals surface area contributed by atoms with Gasteiger partial charge in [-0.3, -0.25) is 4.68 Å². The zero-order chi connectivity index (χ0) is 11.1. The van der Waals surface area contributed by atoms with Gasteiger partial charge in [0.05, 0.1) is 18.3 Å². The van der Waals surface area contributed by atoms with Crippen molar-refractivity contribution in [2.24, 2.45) is 0 Å². The third-order valence-electron chi connectivity index (χ3n) is 2.12. The van der Waals surface area contributed by atoms with Crippen LogP contribution in [0.15, 0.2) is 30.5 Å². The Morgan fingerprint density at radius 1 is 1.40 bits per heavy atom. The van der Waals surface area contributed by atoms with Crippen molar-refractivity contribution in [3.05, 3.63) is 30.5 Å². The molecule has 1 aromatic carbocycles. The number of nitrogens with one attached hydrogen (secondary N) is 1. The van der Waals surface area contributed by atoms with Crippen molar-refractivity contribution in [1.29, 1.82) is 0 Å². The minimum atomic E-state index is 0.921. The maximum atomic E-state index is 8.00. The minimum Gasteiger partial charge on any atom is -0.318 e. The molecule has 0 saturated carbocycles. The molecule has 1 N–H and O–H groups in total. The molecule has 0 aliphatic rings. The Morgan fingerprint density at radius 3 is 2.87 bits per heavy atom. The van der Waals surface area contributed by atoms with E-state index < -0.39 is 0 Å². The fourth-order valence-electron chi connectivity index (χ4n) is 1.42. The molecule has 0 amide bonds. The van der Waals surface area contributed by atoms with Crippen LogP contribution in [-0.4, -0.2) is 30.2 Å². The summed E-state index contributed by atoms with van der Waals surface area (Å²) in [6.45, 7) is 3.87. The van der Waals surface area contributed by atoms with Crippen molar-refractivity contribution in [2.45, 2.75) is 6.54 Å². The van der Waals surface area contributed by atoms with E-state index >= 15 is 0 Å². The Hall–Kier alpha value is -1.68. The Labute approximate surface area is 88.9 Å². The average molecular weight is 205 g/mol. The van der Waals surface area contributed by atoms with Gasteiger partial charge in [-0.2, -0.15) is 5.10 Å². The number of nitrogens with zero attached hydrogens (tertiary/aromatic N) is 2. The number of likely N-dealkylation sites (N-methyl/N-ethyl adjacent to an activating group) is 1. The Bertz CT molecular complexity index is 411. The number of hydrogen-bond donors (Lipinski definition) is 1. The van der Waals surface area contributed by atoms with Gasteiger partial charge < -0.3 is 10.1 Å². The van der Waals surface area contributed by atoms with E-state index in [9.17, 15) is 0 Å². The van der Waals surface area contributed by atoms with Crippen molar-refractivity contribution < 1.29 is 4.79 Å². The van der Waals surface area contributed by atoms with Crippen molar-refractivity contribution in [3.8, 4) is 0 Å². The number of carbonyl (C=O) groups is 1. The molecule has 15 heavy (non-hydrogen) atoms. The lowest BCUT2D eigenvalue weighted by atomic mass is 10.3. The van der Waals surface area contributed by atoms with E-state index in [0.717, 1.165) is 13.1 Å². The second-order valence-electron chi connectivity index (χ2n) is 3.03. The van der Waals surface area contributed by atoms with E-state index in [0.29, 0.717) is 0 Å². The largest absolute Gasteiger partial charge is 0.318 e. The van der Waals surface area contributed by atoms with Gasteiger partial charge in [-0.15, -0.1) is 0 Å². The van der Waals surface area contributed by atoms with Crippen molar-refractivity contribution >= 4 is 17.7 Å². The van der Waals surface area contributed by atoms with E-state index in [4.69, 9.17) is 4.79 Å². The van der Waals surface area contributed by atoms with Gasteiger partial charge in [0.1, 0.15) is 6.79 Å². The highest BCUT2D eigenvalue weighted by Crippen LogP contribution is 2.11. The van der Waals surface area contributed by atoms with Crippen LogP contribution in [0.1, 0.15) is 0 Å². The van der Waals surface area contributed by atoms with Crippen LogP contribution in [0.5, 0.6) is 0 Å². The van der Waals surface area contributed by atoms with Crippen LogP contribution in [0.4, 0.5) is 0 Å². The Morgan fingerprint density at radius 2 is 2.13 bits per heavy atom. The summed E-state index contributed by atoms with van der Waals surface area (Å²) in [5, 5.41) is 8.63. The molecule has 0 spiro atoms. The van der Waals surface area contributed by atoms with Gasteiger partial charge in [0, 0.05) is 11.9 Å². The lowest BCUT2D eigenvalue weighted by molar-refractivity contribution is -0.0979. The molecule has 0 radical (unpaired) electrons. The molecule has 0 unspecified atom stereocenters. The van der Waals surface area contributed by atoms with Gasteiger partial charge in [-0.1, -0.05) is 18.2 Å². The monoisotopic (exact) mass is 205 g/mol. The van der Waals surface area contributed by atoms with Crippen LogP contribution in [0.2, 0.25) is 0 Å². The maximum absolute atomic E-state index is 8.00. The minimum absolute atomic E-state index is 0.921. The first kappa shape index (κ1) is 11.4. The van der Waals surface area contributed by atoms with Crippen molar-refractivity contribution in [1.82, 2.24) is 15.1 Å². The van der Waals surface area contributed by atoms with Crippen LogP contribution >= 0.6 is 0 Å². The number of para-hydroxylation sites is 1. The van der Waals surface area contributed by atoms with Gasteiger partial charge in [0.2, 0.25) is 0 Å². The summed E-state index contributed by atoms with van der Waals surface area (Å²) in [4.78, 5) is 8.00. The number of aromatic nitrogens is 2. The van der Waals surface area contributed by atoms with Gasteiger partial charge in [-0.05, 0) is 13.1 Å². The van der Waals surface area contributed by atoms with E-state index in [2.05, 4.69) is 22.5 Å². The van der Waals surface area contributed by atoms with Crippen LogP contribution in [-0.2, 0) is 11.3 Å². The smallest absolute Gasteiger partial charge is 0.106 e. The second-order valence-corrected chi connectivity index (χ2v) is 3.03. The molecule has 4 nitrogen and oxygen atoms in total. The third-order valence-corrected chi connectivity index (χ3v) is 2.12. The first-order valence-corrected chi connectivity index (χ1v) is 4.76. The summed E-state index contributed by atoms with van der Waals surface area (Å²) in [5.74, 6) is 0. The summed E-state index contributed by atoms with van der Waals surface area (Å²) >= 11 is 0. The van der Waals surface area contributed by atoms with Gasteiger partial charge in [0.15, 0.2) is 0 Å². The summed E-state index contributed by atoms with van der Waals surface area (Å²) in [7, 11) is 1.95. The van der Waals surface area contributed by atoms with E-state index in [1.807, 2.05) is 36.8 Å². The summed E-state index contributed by atoms with van der Waals surface area (Å²) in [6, 6.07) is 8.25. The van der Waals surface area contributed by atoms with Gasteiger partial charge in [-0.25, -0.2) is 0 Å². The normalized spacial score (nSPS) is 9.67.